The largest absolute Gasteiger partial charge is 0.418 e. The number of benzene rings is 1. The van der Waals surface area contributed by atoms with Gasteiger partial charge in [0.05, 0.1) is 24.5 Å². The van der Waals surface area contributed by atoms with Crippen LogP contribution >= 0.6 is 0 Å². The Morgan fingerprint density at radius 1 is 1.07 bits per heavy atom. The molecule has 2 saturated heterocycles. The van der Waals surface area contributed by atoms with Gasteiger partial charge in [-0.2, -0.15) is 13.2 Å². The molecule has 2 aromatic rings. The molecule has 2 aliphatic heterocycles. The van der Waals surface area contributed by atoms with E-state index in [4.69, 9.17) is 9.47 Å². The molecule has 0 amide bonds. The van der Waals surface area contributed by atoms with Gasteiger partial charge >= 0.3 is 6.18 Å². The maximum Gasteiger partial charge on any atom is 0.418 e. The fourth-order valence-corrected chi connectivity index (χ4v) is 3.62. The second-order valence-corrected chi connectivity index (χ2v) is 6.92. The van der Waals surface area contributed by atoms with E-state index in [9.17, 15) is 13.2 Å². The first-order valence-corrected chi connectivity index (χ1v) is 9.16. The standard InChI is InChI=1S/C19H21F3N4O2/c1-13-23-16(25-15-5-3-2-4-14(15)19(20,21)22)12-17(24-13)26-8-6-18(7-9-26)27-10-11-28-18/h2-5,12H,6-11H2,1H3,(H,23,24,25). The number of nitrogens with one attached hydrogen (secondary N) is 1. The Bertz CT molecular complexity index is 843. The van der Waals surface area contributed by atoms with E-state index in [0.717, 1.165) is 18.9 Å². The molecule has 0 atom stereocenters. The zero-order valence-corrected chi connectivity index (χ0v) is 15.4. The van der Waals surface area contributed by atoms with Crippen molar-refractivity contribution in [2.24, 2.45) is 0 Å². The van der Waals surface area contributed by atoms with Gasteiger partial charge in [-0.15, -0.1) is 0 Å². The number of aromatic nitrogens is 2. The van der Waals surface area contributed by atoms with Gasteiger partial charge in [0.2, 0.25) is 0 Å². The first kappa shape index (κ1) is 18.9. The number of ether oxygens (including phenoxy) is 2. The number of hydrogen-bond donors (Lipinski definition) is 1. The van der Waals surface area contributed by atoms with E-state index in [0.29, 0.717) is 43.8 Å². The van der Waals surface area contributed by atoms with Crippen molar-refractivity contribution < 1.29 is 22.6 Å². The highest BCUT2D eigenvalue weighted by Crippen LogP contribution is 2.36. The third kappa shape index (κ3) is 3.90. The summed E-state index contributed by atoms with van der Waals surface area (Å²) in [6, 6.07) is 7.02. The summed E-state index contributed by atoms with van der Waals surface area (Å²) in [6.07, 6.45) is -3.01. The molecule has 6 nitrogen and oxygen atoms in total. The molecule has 4 rings (SSSR count). The van der Waals surface area contributed by atoms with Crippen molar-refractivity contribution in [3.8, 4) is 0 Å². The number of alkyl halides is 3. The fraction of sp³-hybridized carbons (Fsp3) is 0.474. The average molecular weight is 394 g/mol. The van der Waals surface area contributed by atoms with Gasteiger partial charge in [0.15, 0.2) is 5.79 Å². The molecule has 0 unspecified atom stereocenters. The van der Waals surface area contributed by atoms with Gasteiger partial charge < -0.3 is 19.7 Å². The van der Waals surface area contributed by atoms with E-state index < -0.39 is 17.5 Å². The lowest BCUT2D eigenvalue weighted by atomic mass is 10.0. The zero-order valence-electron chi connectivity index (χ0n) is 15.4. The Morgan fingerprint density at radius 3 is 2.43 bits per heavy atom. The molecule has 9 heteroatoms. The lowest BCUT2D eigenvalue weighted by Gasteiger charge is -2.38. The number of anilines is 3. The van der Waals surface area contributed by atoms with Crippen LogP contribution in [-0.4, -0.2) is 42.1 Å². The van der Waals surface area contributed by atoms with Gasteiger partial charge in [0, 0.05) is 32.0 Å². The van der Waals surface area contributed by atoms with Gasteiger partial charge in [-0.1, -0.05) is 12.1 Å². The summed E-state index contributed by atoms with van der Waals surface area (Å²) in [5.74, 6) is 0.990. The van der Waals surface area contributed by atoms with Crippen LogP contribution < -0.4 is 10.2 Å². The number of rotatable bonds is 3. The lowest BCUT2D eigenvalue weighted by Crippen LogP contribution is -2.45. The fourth-order valence-electron chi connectivity index (χ4n) is 3.62. The van der Waals surface area contributed by atoms with Crippen molar-refractivity contribution >= 4 is 17.3 Å². The van der Waals surface area contributed by atoms with E-state index in [1.54, 1.807) is 19.1 Å². The summed E-state index contributed by atoms with van der Waals surface area (Å²) in [5.41, 5.74) is -0.771. The Hall–Kier alpha value is -2.39. The Kier molecular flexibility index (Phi) is 4.88. The average Bonchev–Trinajstić information content (AvgIpc) is 3.09. The quantitative estimate of drug-likeness (QED) is 0.852. The smallest absolute Gasteiger partial charge is 0.356 e. The lowest BCUT2D eigenvalue weighted by molar-refractivity contribution is -0.169. The monoisotopic (exact) mass is 394 g/mol. The van der Waals surface area contributed by atoms with Crippen molar-refractivity contribution in [2.75, 3.05) is 36.5 Å². The Morgan fingerprint density at radius 2 is 1.75 bits per heavy atom. The summed E-state index contributed by atoms with van der Waals surface area (Å²) in [7, 11) is 0. The molecule has 1 aromatic heterocycles. The highest BCUT2D eigenvalue weighted by Gasteiger charge is 2.40. The molecule has 28 heavy (non-hydrogen) atoms. The maximum atomic E-state index is 13.2. The molecule has 0 radical (unpaired) electrons. The molecule has 0 saturated carbocycles. The number of para-hydroxylation sites is 1. The first-order chi connectivity index (χ1) is 13.3. The summed E-state index contributed by atoms with van der Waals surface area (Å²) in [4.78, 5) is 10.8. The van der Waals surface area contributed by atoms with E-state index in [-0.39, 0.29) is 5.69 Å². The normalized spacial score (nSPS) is 19.2. The van der Waals surface area contributed by atoms with E-state index in [1.165, 1.54) is 12.1 Å². The van der Waals surface area contributed by atoms with Crippen molar-refractivity contribution in [3.63, 3.8) is 0 Å². The molecule has 150 valence electrons. The van der Waals surface area contributed by atoms with Crippen LogP contribution in [0.3, 0.4) is 0 Å². The molecule has 0 bridgehead atoms. The topological polar surface area (TPSA) is 59.5 Å². The number of aryl methyl sites for hydroxylation is 1. The van der Waals surface area contributed by atoms with Crippen LogP contribution in [0.4, 0.5) is 30.5 Å². The van der Waals surface area contributed by atoms with Crippen LogP contribution in [0.2, 0.25) is 0 Å². The molecule has 1 spiro atoms. The summed E-state index contributed by atoms with van der Waals surface area (Å²) in [5, 5.41) is 2.80. The minimum absolute atomic E-state index is 0.0376. The minimum atomic E-state index is -4.45. The van der Waals surface area contributed by atoms with Gasteiger partial charge in [-0.3, -0.25) is 0 Å². The van der Waals surface area contributed by atoms with Crippen LogP contribution in [0.25, 0.3) is 0 Å². The van der Waals surface area contributed by atoms with Gasteiger partial charge in [0.1, 0.15) is 17.5 Å². The maximum absolute atomic E-state index is 13.2. The van der Waals surface area contributed by atoms with Crippen LogP contribution in [0.1, 0.15) is 24.2 Å². The Balaban J connectivity index is 1.54. The van der Waals surface area contributed by atoms with Gasteiger partial charge in [-0.25, -0.2) is 9.97 Å². The molecular formula is C19H21F3N4O2. The molecule has 2 fully saturated rings. The highest BCUT2D eigenvalue weighted by atomic mass is 19.4. The van der Waals surface area contributed by atoms with Gasteiger partial charge in [-0.05, 0) is 19.1 Å². The third-order valence-corrected chi connectivity index (χ3v) is 4.98. The Labute approximate surface area is 160 Å². The number of hydrogen-bond acceptors (Lipinski definition) is 6. The van der Waals surface area contributed by atoms with Crippen molar-refractivity contribution in [1.29, 1.82) is 0 Å². The van der Waals surface area contributed by atoms with Crippen LogP contribution in [0.5, 0.6) is 0 Å². The molecule has 1 N–H and O–H groups in total. The second kappa shape index (κ2) is 7.21. The van der Waals surface area contributed by atoms with Crippen LogP contribution in [0, 0.1) is 6.92 Å². The van der Waals surface area contributed by atoms with E-state index in [2.05, 4.69) is 20.2 Å². The molecular weight excluding hydrogens is 373 g/mol. The van der Waals surface area contributed by atoms with Crippen molar-refractivity contribution in [1.82, 2.24) is 9.97 Å². The van der Waals surface area contributed by atoms with Crippen molar-refractivity contribution in [3.05, 3.63) is 41.7 Å². The second-order valence-electron chi connectivity index (χ2n) is 6.92. The molecule has 0 aliphatic carbocycles. The summed E-state index contributed by atoms with van der Waals surface area (Å²) in [6.45, 7) is 4.32. The molecule has 3 heterocycles. The van der Waals surface area contributed by atoms with Crippen LogP contribution in [-0.2, 0) is 15.7 Å². The van der Waals surface area contributed by atoms with E-state index >= 15 is 0 Å². The number of piperidine rings is 1. The zero-order chi connectivity index (χ0) is 19.8. The predicted molar refractivity (Wildman–Crippen MR) is 97.6 cm³/mol. The van der Waals surface area contributed by atoms with Crippen molar-refractivity contribution in [2.45, 2.75) is 31.7 Å². The predicted octanol–water partition coefficient (Wildman–Crippen LogP) is 3.89. The number of nitrogens with zero attached hydrogens (tertiary/aromatic N) is 3. The van der Waals surface area contributed by atoms with Gasteiger partial charge in [0.25, 0.3) is 0 Å². The third-order valence-electron chi connectivity index (χ3n) is 4.98. The number of halogens is 3. The summed E-state index contributed by atoms with van der Waals surface area (Å²) < 4.78 is 51.2. The SMILES string of the molecule is Cc1nc(Nc2ccccc2C(F)(F)F)cc(N2CCC3(CC2)OCCO3)n1. The minimum Gasteiger partial charge on any atom is -0.356 e. The highest BCUT2D eigenvalue weighted by molar-refractivity contribution is 5.63. The van der Waals surface area contributed by atoms with E-state index in [1.807, 2.05) is 0 Å². The summed E-state index contributed by atoms with van der Waals surface area (Å²) >= 11 is 0. The molecule has 1 aromatic carbocycles. The molecule has 2 aliphatic rings. The van der Waals surface area contributed by atoms with Crippen LogP contribution in [0.15, 0.2) is 30.3 Å². The first-order valence-electron chi connectivity index (χ1n) is 9.16.